The Balaban J connectivity index is 3.13. The molecule has 18 heavy (non-hydrogen) atoms. The van der Waals surface area contributed by atoms with Crippen LogP contribution in [0.25, 0.3) is 0 Å². The maximum atomic E-state index is 11.5. The normalized spacial score (nSPS) is 11.3. The van der Waals surface area contributed by atoms with E-state index in [0.29, 0.717) is 23.2 Å². The summed E-state index contributed by atoms with van der Waals surface area (Å²) >= 11 is 0. The monoisotopic (exact) mass is 270 g/mol. The summed E-state index contributed by atoms with van der Waals surface area (Å²) in [6.07, 6.45) is 1.20. The van der Waals surface area contributed by atoms with Crippen molar-refractivity contribution in [1.82, 2.24) is 0 Å². The van der Waals surface area contributed by atoms with Crippen molar-refractivity contribution in [2.24, 2.45) is 5.14 Å². The van der Waals surface area contributed by atoms with E-state index >= 15 is 0 Å². The van der Waals surface area contributed by atoms with E-state index in [1.165, 1.54) is 12.1 Å². The highest BCUT2D eigenvalue weighted by atomic mass is 32.2. The van der Waals surface area contributed by atoms with Crippen LogP contribution in [0.15, 0.2) is 17.0 Å². The van der Waals surface area contributed by atoms with Crippen LogP contribution in [0.2, 0.25) is 0 Å². The number of aryl methyl sites for hydroxylation is 2. The van der Waals surface area contributed by atoms with Crippen molar-refractivity contribution >= 4 is 21.6 Å². The number of benzene rings is 1. The van der Waals surface area contributed by atoms with E-state index in [1.54, 1.807) is 13.8 Å². The molecule has 0 saturated carbocycles. The van der Waals surface area contributed by atoms with Crippen molar-refractivity contribution < 1.29 is 13.2 Å². The van der Waals surface area contributed by atoms with Gasteiger partial charge in [0.2, 0.25) is 15.9 Å². The van der Waals surface area contributed by atoms with Gasteiger partial charge in [-0.15, -0.1) is 0 Å². The lowest BCUT2D eigenvalue weighted by atomic mass is 10.1. The summed E-state index contributed by atoms with van der Waals surface area (Å²) in [4.78, 5) is 11.6. The average Bonchev–Trinajstić information content (AvgIpc) is 2.22. The van der Waals surface area contributed by atoms with Crippen LogP contribution in [0, 0.1) is 13.8 Å². The smallest absolute Gasteiger partial charge is 0.238 e. The molecule has 0 spiro atoms. The number of carbonyl (C=O) groups excluding carboxylic acids is 1. The number of nitrogens with one attached hydrogen (secondary N) is 1. The van der Waals surface area contributed by atoms with Gasteiger partial charge in [0.05, 0.1) is 4.90 Å². The zero-order chi connectivity index (χ0) is 13.9. The second-order valence-electron chi connectivity index (χ2n) is 4.28. The predicted molar refractivity (Wildman–Crippen MR) is 70.8 cm³/mol. The maximum absolute atomic E-state index is 11.5. The van der Waals surface area contributed by atoms with E-state index in [1.807, 2.05) is 6.92 Å². The molecule has 0 unspecified atom stereocenters. The molecule has 1 amide bonds. The van der Waals surface area contributed by atoms with E-state index in [2.05, 4.69) is 5.32 Å². The molecule has 0 bridgehead atoms. The zero-order valence-corrected chi connectivity index (χ0v) is 11.6. The first-order chi connectivity index (χ1) is 8.25. The van der Waals surface area contributed by atoms with E-state index in [0.717, 1.165) is 6.42 Å². The van der Waals surface area contributed by atoms with Gasteiger partial charge in [0, 0.05) is 12.1 Å². The van der Waals surface area contributed by atoms with Gasteiger partial charge in [-0.3, -0.25) is 4.79 Å². The highest BCUT2D eigenvalue weighted by Gasteiger charge is 2.13. The van der Waals surface area contributed by atoms with Crippen molar-refractivity contribution in [2.45, 2.75) is 38.5 Å². The van der Waals surface area contributed by atoms with Gasteiger partial charge >= 0.3 is 0 Å². The van der Waals surface area contributed by atoms with Gasteiger partial charge < -0.3 is 5.32 Å². The Bertz CT molecular complexity index is 542. The standard InChI is InChI=1S/C12H18N2O3S/c1-4-5-11(15)14-12-8(2)6-10(7-9(12)3)18(13,16)17/h6-7H,4-5H2,1-3H3,(H,14,15)(H2,13,16,17). The summed E-state index contributed by atoms with van der Waals surface area (Å²) < 4.78 is 22.5. The average molecular weight is 270 g/mol. The summed E-state index contributed by atoms with van der Waals surface area (Å²) in [5.41, 5.74) is 2.02. The molecule has 5 nitrogen and oxygen atoms in total. The Labute approximate surface area is 107 Å². The van der Waals surface area contributed by atoms with Crippen LogP contribution >= 0.6 is 0 Å². The topological polar surface area (TPSA) is 89.3 Å². The molecule has 1 aromatic rings. The minimum Gasteiger partial charge on any atom is -0.326 e. The highest BCUT2D eigenvalue weighted by molar-refractivity contribution is 7.89. The fourth-order valence-corrected chi connectivity index (χ4v) is 2.40. The van der Waals surface area contributed by atoms with E-state index < -0.39 is 10.0 Å². The molecule has 0 radical (unpaired) electrons. The Hall–Kier alpha value is -1.40. The fraction of sp³-hybridized carbons (Fsp3) is 0.417. The minimum atomic E-state index is -3.72. The van der Waals surface area contributed by atoms with Crippen molar-refractivity contribution in [3.05, 3.63) is 23.3 Å². The third-order valence-corrected chi connectivity index (χ3v) is 3.47. The number of nitrogens with two attached hydrogens (primary N) is 1. The van der Waals surface area contributed by atoms with Crippen LogP contribution in [-0.4, -0.2) is 14.3 Å². The third-order valence-electron chi connectivity index (χ3n) is 2.58. The van der Waals surface area contributed by atoms with Crippen LogP contribution in [0.4, 0.5) is 5.69 Å². The van der Waals surface area contributed by atoms with E-state index in [-0.39, 0.29) is 10.8 Å². The minimum absolute atomic E-state index is 0.0611. The number of hydrogen-bond donors (Lipinski definition) is 2. The molecule has 0 aliphatic heterocycles. The Morgan fingerprint density at radius 2 is 1.78 bits per heavy atom. The second-order valence-corrected chi connectivity index (χ2v) is 5.84. The molecule has 1 aromatic carbocycles. The predicted octanol–water partition coefficient (Wildman–Crippen LogP) is 1.69. The van der Waals surface area contributed by atoms with Gasteiger partial charge in [0.15, 0.2) is 0 Å². The Morgan fingerprint density at radius 3 is 2.17 bits per heavy atom. The number of carbonyl (C=O) groups is 1. The molecular formula is C12H18N2O3S. The van der Waals surface area contributed by atoms with Crippen LogP contribution < -0.4 is 10.5 Å². The molecule has 0 aliphatic carbocycles. The lowest BCUT2D eigenvalue weighted by Crippen LogP contribution is -2.15. The number of hydrogen-bond acceptors (Lipinski definition) is 3. The molecule has 6 heteroatoms. The summed E-state index contributed by atoms with van der Waals surface area (Å²) in [6.45, 7) is 5.40. The second kappa shape index (κ2) is 5.49. The molecule has 1 rings (SSSR count). The first-order valence-corrected chi connectivity index (χ1v) is 7.24. The van der Waals surface area contributed by atoms with Crippen LogP contribution in [-0.2, 0) is 14.8 Å². The Kier molecular flexibility index (Phi) is 4.48. The quantitative estimate of drug-likeness (QED) is 0.872. The molecule has 0 fully saturated rings. The number of amides is 1. The van der Waals surface area contributed by atoms with Gasteiger partial charge in [-0.2, -0.15) is 0 Å². The maximum Gasteiger partial charge on any atom is 0.238 e. The van der Waals surface area contributed by atoms with Crippen molar-refractivity contribution in [3.63, 3.8) is 0 Å². The van der Waals surface area contributed by atoms with Gasteiger partial charge in [0.1, 0.15) is 0 Å². The van der Waals surface area contributed by atoms with Crippen LogP contribution in [0.5, 0.6) is 0 Å². The Morgan fingerprint density at radius 1 is 1.28 bits per heavy atom. The number of sulfonamides is 1. The lowest BCUT2D eigenvalue weighted by Gasteiger charge is -2.13. The molecule has 100 valence electrons. The molecule has 0 saturated heterocycles. The summed E-state index contributed by atoms with van der Waals surface area (Å²) in [5, 5.41) is 7.86. The van der Waals surface area contributed by atoms with Crippen molar-refractivity contribution in [2.75, 3.05) is 5.32 Å². The fourth-order valence-electron chi connectivity index (χ4n) is 1.71. The van der Waals surface area contributed by atoms with Gasteiger partial charge in [0.25, 0.3) is 0 Å². The summed E-state index contributed by atoms with van der Waals surface area (Å²) in [7, 11) is -3.72. The molecule has 0 aliphatic rings. The number of anilines is 1. The van der Waals surface area contributed by atoms with E-state index in [4.69, 9.17) is 5.14 Å². The molecule has 0 aromatic heterocycles. The molecular weight excluding hydrogens is 252 g/mol. The molecule has 3 N–H and O–H groups in total. The number of rotatable bonds is 4. The third kappa shape index (κ3) is 3.54. The first kappa shape index (κ1) is 14.7. The van der Waals surface area contributed by atoms with Crippen molar-refractivity contribution in [3.8, 4) is 0 Å². The largest absolute Gasteiger partial charge is 0.326 e. The molecule has 0 atom stereocenters. The molecule has 0 heterocycles. The van der Waals surface area contributed by atoms with Gasteiger partial charge in [-0.25, -0.2) is 13.6 Å². The zero-order valence-electron chi connectivity index (χ0n) is 10.8. The summed E-state index contributed by atoms with van der Waals surface area (Å²) in [5.74, 6) is -0.0768. The highest BCUT2D eigenvalue weighted by Crippen LogP contribution is 2.24. The van der Waals surface area contributed by atoms with Gasteiger partial charge in [-0.1, -0.05) is 6.92 Å². The van der Waals surface area contributed by atoms with Crippen LogP contribution in [0.1, 0.15) is 30.9 Å². The summed E-state index contributed by atoms with van der Waals surface area (Å²) in [6, 6.07) is 2.92. The van der Waals surface area contributed by atoms with Crippen LogP contribution in [0.3, 0.4) is 0 Å². The SMILES string of the molecule is CCCC(=O)Nc1c(C)cc(S(N)(=O)=O)cc1C. The lowest BCUT2D eigenvalue weighted by molar-refractivity contribution is -0.116. The van der Waals surface area contributed by atoms with Gasteiger partial charge in [-0.05, 0) is 43.5 Å². The van der Waals surface area contributed by atoms with E-state index in [9.17, 15) is 13.2 Å². The number of primary sulfonamides is 1. The first-order valence-electron chi connectivity index (χ1n) is 5.69. The van der Waals surface area contributed by atoms with Crippen molar-refractivity contribution in [1.29, 1.82) is 0 Å².